The molecule has 0 saturated heterocycles. The molecule has 2 nitrogen and oxygen atoms in total. The minimum absolute atomic E-state index is 0.00619. The van der Waals surface area contributed by atoms with Crippen molar-refractivity contribution in [1.82, 2.24) is 0 Å². The van der Waals surface area contributed by atoms with Gasteiger partial charge in [0.1, 0.15) is 5.82 Å². The maximum atomic E-state index is 15.0. The number of aliphatic hydroxyl groups is 2. The Labute approximate surface area is 172 Å². The molecule has 2 N–H and O–H groups in total. The number of aliphatic hydroxyl groups excluding tert-OH is 2. The van der Waals surface area contributed by atoms with Gasteiger partial charge in [0.25, 0.3) is 0 Å². The molecule has 0 atom stereocenters. The Kier molecular flexibility index (Phi) is 7.18. The number of benzene rings is 3. The Bertz CT molecular complexity index is 943. The lowest BCUT2D eigenvalue weighted by Gasteiger charge is -2.14. The molecule has 0 aromatic heterocycles. The van der Waals surface area contributed by atoms with Crippen LogP contribution in [0.3, 0.4) is 0 Å². The van der Waals surface area contributed by atoms with Gasteiger partial charge in [-0.3, -0.25) is 0 Å². The van der Waals surface area contributed by atoms with Gasteiger partial charge < -0.3 is 10.2 Å². The van der Waals surface area contributed by atoms with E-state index in [-0.39, 0.29) is 24.9 Å². The van der Waals surface area contributed by atoms with Gasteiger partial charge in [0, 0.05) is 24.7 Å². The number of hydrogen-bond acceptors (Lipinski definition) is 2. The van der Waals surface area contributed by atoms with E-state index in [4.69, 9.17) is 0 Å². The molecule has 0 amide bonds. The van der Waals surface area contributed by atoms with Crippen LogP contribution in [-0.2, 0) is 12.8 Å². The molecule has 3 aromatic carbocycles. The quantitative estimate of drug-likeness (QED) is 0.527. The van der Waals surface area contributed by atoms with E-state index in [1.807, 2.05) is 55.5 Å². The molecule has 0 aliphatic rings. The van der Waals surface area contributed by atoms with Crippen LogP contribution >= 0.6 is 0 Å². The minimum Gasteiger partial charge on any atom is -0.396 e. The van der Waals surface area contributed by atoms with Crippen LogP contribution in [0.25, 0.3) is 22.3 Å². The summed E-state index contributed by atoms with van der Waals surface area (Å²) < 4.78 is 15.0. The van der Waals surface area contributed by atoms with Gasteiger partial charge >= 0.3 is 0 Å². The van der Waals surface area contributed by atoms with Gasteiger partial charge in [0.15, 0.2) is 0 Å². The molecule has 0 heterocycles. The fourth-order valence-corrected chi connectivity index (χ4v) is 3.63. The summed E-state index contributed by atoms with van der Waals surface area (Å²) in [6.07, 6.45) is 2.33. The maximum Gasteiger partial charge on any atom is 0.131 e. The summed E-state index contributed by atoms with van der Waals surface area (Å²) in [5, 5.41) is 18.5. The van der Waals surface area contributed by atoms with E-state index in [9.17, 15) is 10.2 Å². The SMILES string of the molecule is CCc1cc(CCC(CO)CO)ccc1-c1ccc(-c2ccc(C)cc2)cc1F. The third kappa shape index (κ3) is 5.11. The molecule has 0 radical (unpaired) electrons. The molecule has 0 aliphatic heterocycles. The second kappa shape index (κ2) is 9.82. The third-order valence-electron chi connectivity index (χ3n) is 5.55. The number of aryl methyl sites for hydroxylation is 3. The van der Waals surface area contributed by atoms with Crippen molar-refractivity contribution in [3.63, 3.8) is 0 Å². The molecule has 0 spiro atoms. The standard InChI is InChI=1S/C26H29FO2/c1-3-21-14-19(6-7-20(16-28)17-29)8-12-24(21)25-13-11-23(15-26(25)27)22-9-4-18(2)5-10-22/h4-5,8-15,20,28-29H,3,6-7,16-17H2,1-2H3. The van der Waals surface area contributed by atoms with Gasteiger partial charge in [-0.25, -0.2) is 4.39 Å². The molecular weight excluding hydrogens is 363 g/mol. The van der Waals surface area contributed by atoms with Crippen LogP contribution in [0, 0.1) is 18.7 Å². The van der Waals surface area contributed by atoms with Gasteiger partial charge in [-0.1, -0.05) is 67.1 Å². The molecule has 0 bridgehead atoms. The topological polar surface area (TPSA) is 40.5 Å². The van der Waals surface area contributed by atoms with Gasteiger partial charge in [0.05, 0.1) is 0 Å². The smallest absolute Gasteiger partial charge is 0.131 e. The molecular formula is C26H29FO2. The first-order valence-corrected chi connectivity index (χ1v) is 10.3. The Morgan fingerprint density at radius 3 is 2.10 bits per heavy atom. The third-order valence-corrected chi connectivity index (χ3v) is 5.55. The van der Waals surface area contributed by atoms with Gasteiger partial charge in [-0.05, 0) is 60.1 Å². The first-order chi connectivity index (χ1) is 14.0. The van der Waals surface area contributed by atoms with Crippen LogP contribution in [-0.4, -0.2) is 23.4 Å². The molecule has 3 aromatic rings. The molecule has 0 fully saturated rings. The van der Waals surface area contributed by atoms with Crippen LogP contribution < -0.4 is 0 Å². The largest absolute Gasteiger partial charge is 0.396 e. The number of hydrogen-bond donors (Lipinski definition) is 2. The van der Waals surface area contributed by atoms with Crippen LogP contribution in [0.1, 0.15) is 30.0 Å². The van der Waals surface area contributed by atoms with E-state index < -0.39 is 0 Å². The van der Waals surface area contributed by atoms with Crippen molar-refractivity contribution < 1.29 is 14.6 Å². The zero-order valence-corrected chi connectivity index (χ0v) is 17.2. The summed E-state index contributed by atoms with van der Waals surface area (Å²) in [6.45, 7) is 4.10. The fraction of sp³-hybridized carbons (Fsp3) is 0.308. The lowest BCUT2D eigenvalue weighted by molar-refractivity contribution is 0.144. The van der Waals surface area contributed by atoms with E-state index in [1.54, 1.807) is 6.07 Å². The Morgan fingerprint density at radius 1 is 0.828 bits per heavy atom. The molecule has 29 heavy (non-hydrogen) atoms. The highest BCUT2D eigenvalue weighted by atomic mass is 19.1. The van der Waals surface area contributed by atoms with E-state index in [1.165, 1.54) is 5.56 Å². The highest BCUT2D eigenvalue weighted by molar-refractivity contribution is 5.73. The summed E-state index contributed by atoms with van der Waals surface area (Å²) in [5.74, 6) is -0.308. The monoisotopic (exact) mass is 392 g/mol. The van der Waals surface area contributed by atoms with Crippen molar-refractivity contribution in [1.29, 1.82) is 0 Å². The summed E-state index contributed by atoms with van der Waals surface area (Å²) in [6, 6.07) is 19.7. The van der Waals surface area contributed by atoms with Crippen molar-refractivity contribution in [3.05, 3.63) is 83.2 Å². The van der Waals surface area contributed by atoms with Gasteiger partial charge in [0.2, 0.25) is 0 Å². The van der Waals surface area contributed by atoms with E-state index in [0.717, 1.165) is 47.1 Å². The molecule has 3 heteroatoms. The van der Waals surface area contributed by atoms with E-state index >= 15 is 4.39 Å². The van der Waals surface area contributed by atoms with Crippen molar-refractivity contribution in [3.8, 4) is 22.3 Å². The fourth-order valence-electron chi connectivity index (χ4n) is 3.63. The summed E-state index contributed by atoms with van der Waals surface area (Å²) in [4.78, 5) is 0. The first-order valence-electron chi connectivity index (χ1n) is 10.3. The van der Waals surface area contributed by atoms with Crippen LogP contribution in [0.15, 0.2) is 60.7 Å². The van der Waals surface area contributed by atoms with Gasteiger partial charge in [-0.15, -0.1) is 0 Å². The number of rotatable bonds is 8. The summed E-state index contributed by atoms with van der Waals surface area (Å²) in [5.41, 5.74) is 6.86. The first kappa shape index (κ1) is 21.2. The predicted octanol–water partition coefficient (Wildman–Crippen LogP) is 5.56. The average molecular weight is 393 g/mol. The summed E-state index contributed by atoms with van der Waals surface area (Å²) in [7, 11) is 0. The summed E-state index contributed by atoms with van der Waals surface area (Å²) >= 11 is 0. The Morgan fingerprint density at radius 2 is 1.48 bits per heavy atom. The van der Waals surface area contributed by atoms with Gasteiger partial charge in [-0.2, -0.15) is 0 Å². The highest BCUT2D eigenvalue weighted by Crippen LogP contribution is 2.31. The Balaban J connectivity index is 1.86. The minimum atomic E-state index is -0.217. The van der Waals surface area contributed by atoms with Crippen molar-refractivity contribution in [2.45, 2.75) is 33.1 Å². The average Bonchev–Trinajstić information content (AvgIpc) is 2.75. The van der Waals surface area contributed by atoms with Crippen LogP contribution in [0.4, 0.5) is 4.39 Å². The second-order valence-corrected chi connectivity index (χ2v) is 7.68. The predicted molar refractivity (Wildman–Crippen MR) is 117 cm³/mol. The lowest BCUT2D eigenvalue weighted by atomic mass is 9.92. The molecule has 0 saturated carbocycles. The zero-order valence-electron chi connectivity index (χ0n) is 17.2. The van der Waals surface area contributed by atoms with Crippen molar-refractivity contribution in [2.24, 2.45) is 5.92 Å². The zero-order chi connectivity index (χ0) is 20.8. The normalized spacial score (nSPS) is 11.2. The second-order valence-electron chi connectivity index (χ2n) is 7.68. The lowest BCUT2D eigenvalue weighted by Crippen LogP contribution is -2.12. The van der Waals surface area contributed by atoms with E-state index in [0.29, 0.717) is 5.56 Å². The maximum absolute atomic E-state index is 15.0. The van der Waals surface area contributed by atoms with Crippen molar-refractivity contribution in [2.75, 3.05) is 13.2 Å². The highest BCUT2D eigenvalue weighted by Gasteiger charge is 2.12. The van der Waals surface area contributed by atoms with Crippen molar-refractivity contribution >= 4 is 0 Å². The number of halogens is 1. The molecule has 0 unspecified atom stereocenters. The van der Waals surface area contributed by atoms with Crippen LogP contribution in [0.5, 0.6) is 0 Å². The molecule has 0 aliphatic carbocycles. The molecule has 152 valence electrons. The molecule has 3 rings (SSSR count). The van der Waals surface area contributed by atoms with Crippen LogP contribution in [0.2, 0.25) is 0 Å². The Hall–Kier alpha value is -2.49. The van der Waals surface area contributed by atoms with E-state index in [2.05, 4.69) is 13.0 Å².